The fourth-order valence-corrected chi connectivity index (χ4v) is 5.60. The Hall–Kier alpha value is -3.71. The molecule has 3 heterocycles. The summed E-state index contributed by atoms with van der Waals surface area (Å²) in [6.07, 6.45) is 6.80. The van der Waals surface area contributed by atoms with Crippen LogP contribution in [-0.2, 0) is 6.42 Å². The Bertz CT molecular complexity index is 1430. The van der Waals surface area contributed by atoms with Crippen LogP contribution in [0.5, 0.6) is 0 Å². The summed E-state index contributed by atoms with van der Waals surface area (Å²) < 4.78 is 1.95. The zero-order valence-corrected chi connectivity index (χ0v) is 21.4. The normalized spacial score (nSPS) is 16.4. The van der Waals surface area contributed by atoms with Crippen molar-refractivity contribution < 1.29 is 0 Å². The minimum absolute atomic E-state index is 0.0741. The van der Waals surface area contributed by atoms with Crippen molar-refractivity contribution in [1.82, 2.24) is 19.9 Å². The van der Waals surface area contributed by atoms with Gasteiger partial charge >= 0.3 is 0 Å². The molecule has 1 saturated heterocycles. The van der Waals surface area contributed by atoms with Gasteiger partial charge < -0.3 is 15.5 Å². The third kappa shape index (κ3) is 5.09. The monoisotopic (exact) mass is 494 g/mol. The molecule has 2 aliphatic rings. The first kappa shape index (κ1) is 23.7. The maximum Gasteiger partial charge on any atom is 0.256 e. The number of fused-ring (bicyclic) bond motifs is 1. The van der Waals surface area contributed by atoms with Crippen LogP contribution in [0.25, 0.3) is 11.0 Å². The number of nitrogens with one attached hydrogen (secondary N) is 2. The van der Waals surface area contributed by atoms with E-state index in [0.29, 0.717) is 12.4 Å². The second-order valence-electron chi connectivity index (χ2n) is 10.3. The number of hydrogen-bond donors (Lipinski definition) is 2. The molecule has 1 aliphatic heterocycles. The Balaban J connectivity index is 1.32. The number of pyridine rings is 1. The number of nitrogens with zero attached hydrogens (tertiary/aromatic N) is 4. The lowest BCUT2D eigenvalue weighted by molar-refractivity contribution is 0.513. The zero-order chi connectivity index (χ0) is 25.2. The van der Waals surface area contributed by atoms with Gasteiger partial charge in [0, 0.05) is 67.2 Å². The fourth-order valence-electron chi connectivity index (χ4n) is 5.60. The van der Waals surface area contributed by atoms with Gasteiger partial charge in [0.2, 0.25) is 5.95 Å². The molecule has 0 radical (unpaired) electrons. The molecule has 7 heteroatoms. The Morgan fingerprint density at radius 1 is 1.00 bits per heavy atom. The molecule has 2 N–H and O–H groups in total. The van der Waals surface area contributed by atoms with Gasteiger partial charge in [0.15, 0.2) is 0 Å². The van der Waals surface area contributed by atoms with E-state index in [1.54, 1.807) is 0 Å². The van der Waals surface area contributed by atoms with Gasteiger partial charge in [0.1, 0.15) is 5.65 Å². The van der Waals surface area contributed by atoms with Crippen LogP contribution < -0.4 is 21.1 Å². The molecule has 0 bridgehead atoms. The number of aromatic nitrogens is 3. The highest BCUT2D eigenvalue weighted by atomic mass is 16.1. The van der Waals surface area contributed by atoms with E-state index in [1.807, 2.05) is 16.8 Å². The Kier molecular flexibility index (Phi) is 6.62. The predicted octanol–water partition coefficient (Wildman–Crippen LogP) is 4.96. The van der Waals surface area contributed by atoms with E-state index in [4.69, 9.17) is 4.98 Å². The molecule has 1 aliphatic carbocycles. The number of piperazine rings is 1. The van der Waals surface area contributed by atoms with Crippen molar-refractivity contribution in [2.75, 3.05) is 36.4 Å². The topological polar surface area (TPSA) is 75.1 Å². The molecule has 2 aromatic heterocycles. The van der Waals surface area contributed by atoms with E-state index in [-0.39, 0.29) is 11.6 Å². The van der Waals surface area contributed by atoms with Crippen molar-refractivity contribution in [1.29, 1.82) is 0 Å². The molecule has 2 aromatic carbocycles. The molecule has 4 aromatic rings. The van der Waals surface area contributed by atoms with E-state index in [0.717, 1.165) is 79.7 Å². The van der Waals surface area contributed by atoms with Crippen molar-refractivity contribution >= 4 is 28.4 Å². The first-order valence-corrected chi connectivity index (χ1v) is 13.4. The Morgan fingerprint density at radius 3 is 2.46 bits per heavy atom. The van der Waals surface area contributed by atoms with Crippen LogP contribution in [-0.4, -0.2) is 40.7 Å². The van der Waals surface area contributed by atoms with Crippen molar-refractivity contribution in [2.45, 2.75) is 45.1 Å². The smallest absolute Gasteiger partial charge is 0.256 e. The highest BCUT2D eigenvalue weighted by Gasteiger charge is 2.23. The SMILES string of the molecule is Cc1ccc(Cc2cc3cnc(Nc4ccc(N5CCNCC5)cc4)nc3n(C3CCCC3)c2=O)cc1. The third-order valence-electron chi connectivity index (χ3n) is 7.66. The molecule has 0 atom stereocenters. The van der Waals surface area contributed by atoms with Gasteiger partial charge in [-0.2, -0.15) is 4.98 Å². The van der Waals surface area contributed by atoms with Crippen molar-refractivity contribution in [2.24, 2.45) is 0 Å². The van der Waals surface area contributed by atoms with Crippen LogP contribution in [0.15, 0.2) is 65.6 Å². The van der Waals surface area contributed by atoms with Crippen molar-refractivity contribution in [3.8, 4) is 0 Å². The summed E-state index contributed by atoms with van der Waals surface area (Å²) in [4.78, 5) is 25.6. The average Bonchev–Trinajstić information content (AvgIpc) is 3.46. The van der Waals surface area contributed by atoms with Gasteiger partial charge in [-0.25, -0.2) is 4.98 Å². The lowest BCUT2D eigenvalue weighted by Crippen LogP contribution is -2.43. The van der Waals surface area contributed by atoms with E-state index >= 15 is 0 Å². The summed E-state index contributed by atoms with van der Waals surface area (Å²) >= 11 is 0. The maximum absolute atomic E-state index is 13.8. The molecular weight excluding hydrogens is 460 g/mol. The van der Waals surface area contributed by atoms with Gasteiger partial charge in [-0.3, -0.25) is 9.36 Å². The largest absolute Gasteiger partial charge is 0.369 e. The van der Waals surface area contributed by atoms with Crippen molar-refractivity contribution in [3.63, 3.8) is 0 Å². The molecule has 190 valence electrons. The number of aryl methyl sites for hydroxylation is 1. The summed E-state index contributed by atoms with van der Waals surface area (Å²) in [5.74, 6) is 0.514. The van der Waals surface area contributed by atoms with Crippen LogP contribution in [0.1, 0.15) is 48.4 Å². The first-order valence-electron chi connectivity index (χ1n) is 13.4. The predicted molar refractivity (Wildman–Crippen MR) is 150 cm³/mol. The molecule has 1 saturated carbocycles. The molecule has 0 amide bonds. The molecule has 0 unspecified atom stereocenters. The van der Waals surface area contributed by atoms with Crippen molar-refractivity contribution in [3.05, 3.63) is 87.8 Å². The minimum atomic E-state index is 0.0741. The van der Waals surface area contributed by atoms with E-state index in [1.165, 1.54) is 11.3 Å². The van der Waals surface area contributed by atoms with Crippen LogP contribution in [0.4, 0.5) is 17.3 Å². The molecule has 37 heavy (non-hydrogen) atoms. The number of benzene rings is 2. The number of hydrogen-bond acceptors (Lipinski definition) is 6. The first-order chi connectivity index (χ1) is 18.1. The summed E-state index contributed by atoms with van der Waals surface area (Å²) in [5.41, 5.74) is 6.12. The standard InChI is InChI=1S/C30H34N6O/c1-21-6-8-22(9-7-21)18-23-19-24-20-32-30(34-28(24)36(29(23)37)27-4-2-3-5-27)33-25-10-12-26(13-11-25)35-16-14-31-15-17-35/h6-13,19-20,27,31H,2-5,14-18H2,1H3,(H,32,33,34). The van der Waals surface area contributed by atoms with Crippen LogP contribution in [0.2, 0.25) is 0 Å². The average molecular weight is 495 g/mol. The highest BCUT2D eigenvalue weighted by molar-refractivity contribution is 5.77. The minimum Gasteiger partial charge on any atom is -0.369 e. The van der Waals surface area contributed by atoms with E-state index in [9.17, 15) is 4.79 Å². The molecular formula is C30H34N6O. The second kappa shape index (κ2) is 10.3. The van der Waals surface area contributed by atoms with Gasteiger partial charge in [-0.1, -0.05) is 42.7 Å². The molecule has 6 rings (SSSR count). The quantitative estimate of drug-likeness (QED) is 0.395. The zero-order valence-electron chi connectivity index (χ0n) is 21.4. The van der Waals surface area contributed by atoms with Gasteiger partial charge in [0.05, 0.1) is 0 Å². The Morgan fingerprint density at radius 2 is 1.73 bits per heavy atom. The third-order valence-corrected chi connectivity index (χ3v) is 7.66. The Labute approximate surface area is 217 Å². The number of anilines is 3. The molecule has 7 nitrogen and oxygen atoms in total. The van der Waals surface area contributed by atoms with Crippen LogP contribution >= 0.6 is 0 Å². The molecule has 0 spiro atoms. The van der Waals surface area contributed by atoms with Gasteiger partial charge in [-0.15, -0.1) is 0 Å². The maximum atomic E-state index is 13.8. The highest BCUT2D eigenvalue weighted by Crippen LogP contribution is 2.31. The lowest BCUT2D eigenvalue weighted by Gasteiger charge is -2.29. The van der Waals surface area contributed by atoms with Crippen LogP contribution in [0, 0.1) is 6.92 Å². The van der Waals surface area contributed by atoms with Crippen LogP contribution in [0.3, 0.4) is 0 Å². The van der Waals surface area contributed by atoms with E-state index < -0.39 is 0 Å². The summed E-state index contributed by atoms with van der Waals surface area (Å²) in [7, 11) is 0. The lowest BCUT2D eigenvalue weighted by atomic mass is 10.0. The second-order valence-corrected chi connectivity index (χ2v) is 10.3. The number of rotatable bonds is 6. The van der Waals surface area contributed by atoms with E-state index in [2.05, 4.69) is 76.0 Å². The van der Waals surface area contributed by atoms with Gasteiger partial charge in [-0.05, 0) is 55.7 Å². The summed E-state index contributed by atoms with van der Waals surface area (Å²) in [6.45, 7) is 6.15. The van der Waals surface area contributed by atoms with Gasteiger partial charge in [0.25, 0.3) is 5.56 Å². The summed E-state index contributed by atoms with van der Waals surface area (Å²) in [5, 5.41) is 7.66. The fraction of sp³-hybridized carbons (Fsp3) is 0.367. The summed E-state index contributed by atoms with van der Waals surface area (Å²) in [6, 6.07) is 19.0. The molecule has 2 fully saturated rings.